The van der Waals surface area contributed by atoms with Crippen LogP contribution in [0.25, 0.3) is 0 Å². The lowest BCUT2D eigenvalue weighted by Gasteiger charge is -2.08. The maximum absolute atomic E-state index is 11.4. The van der Waals surface area contributed by atoms with Gasteiger partial charge in [0.25, 0.3) is 0 Å². The first-order valence-electron chi connectivity index (χ1n) is 13.7. The van der Waals surface area contributed by atoms with Gasteiger partial charge in [0.15, 0.2) is 11.6 Å². The van der Waals surface area contributed by atoms with Gasteiger partial charge in [-0.2, -0.15) is 0 Å². The van der Waals surface area contributed by atoms with Crippen LogP contribution in [0, 0.1) is 0 Å². The number of hydrogen-bond acceptors (Lipinski definition) is 6. The van der Waals surface area contributed by atoms with Crippen molar-refractivity contribution in [1.82, 2.24) is 0 Å². The first-order valence-corrected chi connectivity index (χ1v) is 13.7. The number of aliphatic imine (C=N–C) groups is 2. The maximum atomic E-state index is 11.4. The fourth-order valence-corrected chi connectivity index (χ4v) is 3.92. The van der Waals surface area contributed by atoms with Crippen LogP contribution < -0.4 is 9.47 Å². The molecule has 0 atom stereocenters. The Balaban J connectivity index is 1.09. The SMILES string of the molecule is CC(=O)c1ccc(N=Cc2ccc(OCCCCCOc3ccc(C=Nc4ccc(C(C)=O)cc4)cc3)cc2)cc1. The average molecular weight is 547 g/mol. The molecule has 4 aromatic rings. The molecule has 6 nitrogen and oxygen atoms in total. The summed E-state index contributed by atoms with van der Waals surface area (Å²) in [5.41, 5.74) is 4.92. The molecule has 0 saturated heterocycles. The smallest absolute Gasteiger partial charge is 0.159 e. The van der Waals surface area contributed by atoms with Gasteiger partial charge in [-0.3, -0.25) is 19.6 Å². The van der Waals surface area contributed by atoms with Crippen molar-refractivity contribution in [1.29, 1.82) is 0 Å². The third-order valence-electron chi connectivity index (χ3n) is 6.36. The molecule has 0 heterocycles. The molecule has 4 rings (SSSR count). The fraction of sp³-hybridized carbons (Fsp3) is 0.200. The molecule has 0 aliphatic rings. The quantitative estimate of drug-likeness (QED) is 0.0907. The standard InChI is InChI=1S/C35H34N2O4/c1-26(38)30-10-14-32(15-11-30)36-24-28-6-18-34(19-7-28)40-22-4-3-5-23-41-35-20-8-29(9-21-35)25-37-33-16-12-31(13-17-33)27(2)39/h6-21,24-25H,3-5,22-23H2,1-2H3. The molecule has 0 bridgehead atoms. The van der Waals surface area contributed by atoms with Gasteiger partial charge in [-0.1, -0.05) is 0 Å². The highest BCUT2D eigenvalue weighted by Crippen LogP contribution is 2.17. The van der Waals surface area contributed by atoms with E-state index < -0.39 is 0 Å². The number of unbranched alkanes of at least 4 members (excludes halogenated alkanes) is 2. The van der Waals surface area contributed by atoms with E-state index in [1.807, 2.05) is 72.8 Å². The van der Waals surface area contributed by atoms with E-state index in [1.165, 1.54) is 0 Å². The van der Waals surface area contributed by atoms with E-state index in [2.05, 4.69) is 9.98 Å². The lowest BCUT2D eigenvalue weighted by Crippen LogP contribution is -2.01. The minimum atomic E-state index is 0.0466. The Hall–Kier alpha value is -4.84. The van der Waals surface area contributed by atoms with E-state index in [0.29, 0.717) is 24.3 Å². The Morgan fingerprint density at radius 1 is 0.537 bits per heavy atom. The molecule has 208 valence electrons. The molecule has 0 radical (unpaired) electrons. The average Bonchev–Trinajstić information content (AvgIpc) is 3.00. The normalized spacial score (nSPS) is 11.2. The van der Waals surface area contributed by atoms with E-state index >= 15 is 0 Å². The van der Waals surface area contributed by atoms with Gasteiger partial charge >= 0.3 is 0 Å². The molecule has 0 aliphatic carbocycles. The monoisotopic (exact) mass is 546 g/mol. The second-order valence-electron chi connectivity index (χ2n) is 9.62. The molecular formula is C35H34N2O4. The van der Waals surface area contributed by atoms with Gasteiger partial charge in [0.2, 0.25) is 0 Å². The highest BCUT2D eigenvalue weighted by Gasteiger charge is 2.00. The highest BCUT2D eigenvalue weighted by atomic mass is 16.5. The van der Waals surface area contributed by atoms with Crippen molar-refractivity contribution in [3.8, 4) is 11.5 Å². The van der Waals surface area contributed by atoms with Crippen molar-refractivity contribution in [2.75, 3.05) is 13.2 Å². The van der Waals surface area contributed by atoms with Crippen LogP contribution >= 0.6 is 0 Å². The molecule has 41 heavy (non-hydrogen) atoms. The van der Waals surface area contributed by atoms with E-state index in [-0.39, 0.29) is 11.6 Å². The molecule has 0 amide bonds. The molecule has 6 heteroatoms. The highest BCUT2D eigenvalue weighted by molar-refractivity contribution is 5.95. The first-order chi connectivity index (χ1) is 20.0. The van der Waals surface area contributed by atoms with Crippen LogP contribution in [0.5, 0.6) is 11.5 Å². The van der Waals surface area contributed by atoms with E-state index in [1.54, 1.807) is 50.5 Å². The van der Waals surface area contributed by atoms with Gasteiger partial charge in [0.05, 0.1) is 24.6 Å². The number of carbonyl (C=O) groups is 2. The first kappa shape index (κ1) is 29.2. The molecule has 0 unspecified atom stereocenters. The van der Waals surface area contributed by atoms with Gasteiger partial charge in [0.1, 0.15) is 11.5 Å². The van der Waals surface area contributed by atoms with Crippen molar-refractivity contribution >= 4 is 35.4 Å². The zero-order chi connectivity index (χ0) is 28.9. The van der Waals surface area contributed by atoms with Gasteiger partial charge in [-0.25, -0.2) is 0 Å². The summed E-state index contributed by atoms with van der Waals surface area (Å²) in [4.78, 5) is 31.7. The molecule has 0 spiro atoms. The zero-order valence-corrected chi connectivity index (χ0v) is 23.5. The summed E-state index contributed by atoms with van der Waals surface area (Å²) in [6.07, 6.45) is 6.51. The molecule has 0 aromatic heterocycles. The number of rotatable bonds is 14. The number of hydrogen-bond donors (Lipinski definition) is 0. The van der Waals surface area contributed by atoms with Crippen molar-refractivity contribution in [2.45, 2.75) is 33.1 Å². The molecule has 0 aliphatic heterocycles. The summed E-state index contributed by atoms with van der Waals surface area (Å²) in [5, 5.41) is 0. The summed E-state index contributed by atoms with van der Waals surface area (Å²) >= 11 is 0. The second-order valence-corrected chi connectivity index (χ2v) is 9.62. The third kappa shape index (κ3) is 9.69. The van der Waals surface area contributed by atoms with Gasteiger partial charge < -0.3 is 9.47 Å². The van der Waals surface area contributed by atoms with Crippen LogP contribution in [0.1, 0.15) is 65.0 Å². The van der Waals surface area contributed by atoms with Crippen LogP contribution in [-0.2, 0) is 0 Å². The van der Waals surface area contributed by atoms with Crippen LogP contribution in [0.2, 0.25) is 0 Å². The molecular weight excluding hydrogens is 512 g/mol. The third-order valence-corrected chi connectivity index (χ3v) is 6.36. The Morgan fingerprint density at radius 2 is 0.902 bits per heavy atom. The number of nitrogens with zero attached hydrogens (tertiary/aromatic N) is 2. The minimum Gasteiger partial charge on any atom is -0.494 e. The number of benzene rings is 4. The maximum Gasteiger partial charge on any atom is 0.159 e. The number of carbonyl (C=O) groups excluding carboxylic acids is 2. The van der Waals surface area contributed by atoms with Crippen molar-refractivity contribution in [3.05, 3.63) is 119 Å². The Bertz CT molecular complexity index is 1360. The Labute approximate surface area is 241 Å². The molecule has 0 saturated carbocycles. The summed E-state index contributed by atoms with van der Waals surface area (Å²) in [6.45, 7) is 4.41. The fourth-order valence-electron chi connectivity index (χ4n) is 3.92. The number of Topliss-reactive ketones (excluding diaryl/α,β-unsaturated/α-hetero) is 2. The lowest BCUT2D eigenvalue weighted by molar-refractivity contribution is 0.100. The van der Waals surface area contributed by atoms with E-state index in [0.717, 1.165) is 53.3 Å². The summed E-state index contributed by atoms with van der Waals surface area (Å²) < 4.78 is 11.7. The number of ketones is 2. The minimum absolute atomic E-state index is 0.0466. The Morgan fingerprint density at radius 3 is 1.24 bits per heavy atom. The van der Waals surface area contributed by atoms with Crippen molar-refractivity contribution < 1.29 is 19.1 Å². The van der Waals surface area contributed by atoms with Crippen molar-refractivity contribution in [3.63, 3.8) is 0 Å². The zero-order valence-electron chi connectivity index (χ0n) is 23.5. The van der Waals surface area contributed by atoms with E-state index in [9.17, 15) is 9.59 Å². The largest absolute Gasteiger partial charge is 0.494 e. The van der Waals surface area contributed by atoms with Crippen LogP contribution in [0.4, 0.5) is 11.4 Å². The van der Waals surface area contributed by atoms with Gasteiger partial charge in [-0.15, -0.1) is 0 Å². The summed E-state index contributed by atoms with van der Waals surface area (Å²) in [6, 6.07) is 30.2. The molecule has 0 N–H and O–H groups in total. The predicted molar refractivity (Wildman–Crippen MR) is 165 cm³/mol. The van der Waals surface area contributed by atoms with E-state index in [4.69, 9.17) is 9.47 Å². The topological polar surface area (TPSA) is 77.3 Å². The second kappa shape index (κ2) is 15.1. The predicted octanol–water partition coefficient (Wildman–Crippen LogP) is 8.22. The van der Waals surface area contributed by atoms with Crippen LogP contribution in [0.15, 0.2) is 107 Å². The summed E-state index contributed by atoms with van der Waals surface area (Å²) in [7, 11) is 0. The lowest BCUT2D eigenvalue weighted by atomic mass is 10.1. The Kier molecular flexibility index (Phi) is 10.7. The van der Waals surface area contributed by atoms with Crippen molar-refractivity contribution in [2.24, 2.45) is 9.98 Å². The van der Waals surface area contributed by atoms with Crippen LogP contribution in [0.3, 0.4) is 0 Å². The molecule has 0 fully saturated rings. The van der Waals surface area contributed by atoms with Gasteiger partial charge in [0, 0.05) is 23.6 Å². The number of ether oxygens (including phenoxy) is 2. The van der Waals surface area contributed by atoms with Crippen LogP contribution in [-0.4, -0.2) is 37.2 Å². The summed E-state index contributed by atoms with van der Waals surface area (Å²) in [5.74, 6) is 1.76. The van der Waals surface area contributed by atoms with Gasteiger partial charge in [-0.05, 0) is 141 Å². The molecule has 4 aromatic carbocycles.